The Morgan fingerprint density at radius 2 is 1.88 bits per heavy atom. The molecule has 1 aliphatic heterocycles. The van der Waals surface area contributed by atoms with E-state index in [0.717, 1.165) is 17.8 Å². The summed E-state index contributed by atoms with van der Waals surface area (Å²) in [6, 6.07) is 0. The number of benzene rings is 1. The van der Waals surface area contributed by atoms with Crippen molar-refractivity contribution >= 4 is 53.0 Å². The molecule has 0 bridgehead atoms. The first kappa shape index (κ1) is 20.5. The first-order chi connectivity index (χ1) is 11.1. The van der Waals surface area contributed by atoms with Crippen molar-refractivity contribution in [3.8, 4) is 11.5 Å². The summed E-state index contributed by atoms with van der Waals surface area (Å²) in [4.78, 5) is 0. The average Bonchev–Trinajstić information content (AvgIpc) is 2.84. The van der Waals surface area contributed by atoms with Crippen LogP contribution in [0.15, 0.2) is 0 Å². The maximum atomic E-state index is 13.0. The molecule has 24 heavy (non-hydrogen) atoms. The lowest BCUT2D eigenvalue weighted by molar-refractivity contribution is 0.135. The van der Waals surface area contributed by atoms with Gasteiger partial charge in [0.1, 0.15) is 10.6 Å². The predicted molar refractivity (Wildman–Crippen MR) is 102 cm³/mol. The fraction of sp³-hybridized carbons (Fsp3) is 0.600. The number of hydrogen-bond acceptors (Lipinski definition) is 5. The quantitative estimate of drug-likeness (QED) is 0.341. The van der Waals surface area contributed by atoms with Gasteiger partial charge < -0.3 is 9.26 Å². The van der Waals surface area contributed by atoms with E-state index in [0.29, 0.717) is 28.5 Å². The second-order valence-electron chi connectivity index (χ2n) is 5.91. The monoisotopic (exact) mass is 432 g/mol. The number of ether oxygens (including phenoxy) is 1. The third-order valence-corrected chi connectivity index (χ3v) is 8.53. The Morgan fingerprint density at radius 1 is 1.21 bits per heavy atom. The zero-order chi connectivity index (χ0) is 18.1. The van der Waals surface area contributed by atoms with Gasteiger partial charge in [0.15, 0.2) is 11.5 Å². The molecule has 0 N–H and O–H groups in total. The lowest BCUT2D eigenvalue weighted by atomic mass is 10.0. The fourth-order valence-corrected chi connectivity index (χ4v) is 6.52. The highest BCUT2D eigenvalue weighted by molar-refractivity contribution is 8.55. The van der Waals surface area contributed by atoms with Crippen LogP contribution in [0.3, 0.4) is 0 Å². The molecule has 1 atom stereocenters. The SMILES string of the molecule is CCCSP(=O)(OCC)Oc1c(Cl)c(Cl)c(Cl)c2c1OC(C)(C)C2. The van der Waals surface area contributed by atoms with Crippen molar-refractivity contribution in [2.45, 2.75) is 46.1 Å². The summed E-state index contributed by atoms with van der Waals surface area (Å²) in [5.74, 6) is 1.15. The van der Waals surface area contributed by atoms with E-state index >= 15 is 0 Å². The van der Waals surface area contributed by atoms with E-state index in [1.54, 1.807) is 6.92 Å². The van der Waals surface area contributed by atoms with Gasteiger partial charge in [0, 0.05) is 17.7 Å². The van der Waals surface area contributed by atoms with Gasteiger partial charge in [-0.25, -0.2) is 4.57 Å². The molecular formula is C15H20Cl3O4PS. The molecular weight excluding hydrogens is 414 g/mol. The van der Waals surface area contributed by atoms with E-state index in [1.165, 1.54) is 0 Å². The average molecular weight is 434 g/mol. The molecule has 0 radical (unpaired) electrons. The molecule has 0 saturated heterocycles. The molecule has 2 rings (SSSR count). The number of hydrogen-bond donors (Lipinski definition) is 0. The van der Waals surface area contributed by atoms with E-state index in [-0.39, 0.29) is 22.4 Å². The van der Waals surface area contributed by atoms with Crippen molar-refractivity contribution in [3.05, 3.63) is 20.6 Å². The van der Waals surface area contributed by atoms with Crippen molar-refractivity contribution in [3.63, 3.8) is 0 Å². The summed E-state index contributed by atoms with van der Waals surface area (Å²) in [5.41, 5.74) is 0.221. The lowest BCUT2D eigenvalue weighted by Gasteiger charge is -2.22. The van der Waals surface area contributed by atoms with Gasteiger partial charge >= 0.3 is 6.80 Å². The van der Waals surface area contributed by atoms with Gasteiger partial charge in [-0.05, 0) is 38.6 Å². The second-order valence-corrected chi connectivity index (χ2v) is 11.2. The van der Waals surface area contributed by atoms with Crippen LogP contribution in [0.25, 0.3) is 0 Å². The van der Waals surface area contributed by atoms with Crippen molar-refractivity contribution in [2.75, 3.05) is 12.4 Å². The van der Waals surface area contributed by atoms with E-state index in [1.807, 2.05) is 20.8 Å². The van der Waals surface area contributed by atoms with E-state index in [2.05, 4.69) is 0 Å². The third-order valence-electron chi connectivity index (χ3n) is 3.25. The van der Waals surface area contributed by atoms with E-state index < -0.39 is 12.4 Å². The van der Waals surface area contributed by atoms with Crippen LogP contribution in [0.2, 0.25) is 15.1 Å². The van der Waals surface area contributed by atoms with Crippen molar-refractivity contribution in [1.29, 1.82) is 0 Å². The molecule has 0 saturated carbocycles. The Morgan fingerprint density at radius 3 is 2.46 bits per heavy atom. The normalized spacial score (nSPS) is 18.0. The molecule has 1 aromatic carbocycles. The Kier molecular flexibility index (Phi) is 6.72. The zero-order valence-corrected chi connectivity index (χ0v) is 17.9. The molecule has 9 heteroatoms. The van der Waals surface area contributed by atoms with Crippen molar-refractivity contribution in [1.82, 2.24) is 0 Å². The summed E-state index contributed by atoms with van der Waals surface area (Å²) >= 11 is 20.0. The highest BCUT2D eigenvalue weighted by Crippen LogP contribution is 2.64. The summed E-state index contributed by atoms with van der Waals surface area (Å²) in [5, 5.41) is 0.578. The Balaban J connectivity index is 2.49. The molecule has 0 amide bonds. The van der Waals surface area contributed by atoms with Gasteiger partial charge in [0.05, 0.1) is 16.7 Å². The lowest BCUT2D eigenvalue weighted by Crippen LogP contribution is -2.24. The van der Waals surface area contributed by atoms with Gasteiger partial charge in [0.2, 0.25) is 0 Å². The highest BCUT2D eigenvalue weighted by atomic mass is 35.5. The molecule has 0 aliphatic carbocycles. The summed E-state index contributed by atoms with van der Waals surface area (Å²) < 4.78 is 30.0. The van der Waals surface area contributed by atoms with Gasteiger partial charge in [-0.2, -0.15) is 0 Å². The molecule has 136 valence electrons. The minimum Gasteiger partial charge on any atom is -0.483 e. The van der Waals surface area contributed by atoms with Crippen LogP contribution in [0.4, 0.5) is 0 Å². The zero-order valence-electron chi connectivity index (χ0n) is 14.0. The molecule has 0 fully saturated rings. The van der Waals surface area contributed by atoms with Crippen LogP contribution >= 0.6 is 53.0 Å². The van der Waals surface area contributed by atoms with Crippen molar-refractivity contribution < 1.29 is 18.3 Å². The third kappa shape index (κ3) is 4.31. The van der Waals surface area contributed by atoms with Crippen LogP contribution < -0.4 is 9.26 Å². The largest absolute Gasteiger partial charge is 0.483 e. The second kappa shape index (κ2) is 7.85. The molecule has 1 aliphatic rings. The van der Waals surface area contributed by atoms with Gasteiger partial charge in [-0.15, -0.1) is 0 Å². The minimum absolute atomic E-state index is 0.0788. The van der Waals surface area contributed by atoms with E-state index in [4.69, 9.17) is 48.6 Å². The smallest absolute Gasteiger partial charge is 0.440 e. The van der Waals surface area contributed by atoms with Crippen LogP contribution in [0.5, 0.6) is 11.5 Å². The first-order valence-electron chi connectivity index (χ1n) is 7.61. The predicted octanol–water partition coefficient (Wildman–Crippen LogP) is 7.03. The topological polar surface area (TPSA) is 44.8 Å². The van der Waals surface area contributed by atoms with Crippen LogP contribution in [-0.4, -0.2) is 18.0 Å². The van der Waals surface area contributed by atoms with Gasteiger partial charge in [0.25, 0.3) is 0 Å². The molecule has 0 aromatic heterocycles. The highest BCUT2D eigenvalue weighted by Gasteiger charge is 2.40. The van der Waals surface area contributed by atoms with Crippen LogP contribution in [0, 0.1) is 0 Å². The fourth-order valence-electron chi connectivity index (χ4n) is 2.31. The summed E-state index contributed by atoms with van der Waals surface area (Å²) in [6.07, 6.45) is 1.39. The van der Waals surface area contributed by atoms with Gasteiger partial charge in [-0.1, -0.05) is 41.7 Å². The Bertz CT molecular complexity index is 681. The number of rotatable bonds is 7. The van der Waals surface area contributed by atoms with Crippen molar-refractivity contribution in [2.24, 2.45) is 0 Å². The maximum Gasteiger partial charge on any atom is 0.440 e. The minimum atomic E-state index is -3.44. The standard InChI is InChI=1S/C15H20Cl3O4PS/c1-5-7-24-23(19,20-6-2)22-14-12(18)11(17)10(16)9-8-15(3,4)21-13(9)14/h5-8H2,1-4H3. The molecule has 1 unspecified atom stereocenters. The molecule has 0 spiro atoms. The van der Waals surface area contributed by atoms with Crippen LogP contribution in [0.1, 0.15) is 39.7 Å². The Labute approximate surface area is 161 Å². The molecule has 4 nitrogen and oxygen atoms in total. The number of halogens is 3. The maximum absolute atomic E-state index is 13.0. The number of fused-ring (bicyclic) bond motifs is 1. The molecule has 1 aromatic rings. The molecule has 1 heterocycles. The first-order valence-corrected chi connectivity index (χ1v) is 11.9. The van der Waals surface area contributed by atoms with Gasteiger partial charge in [-0.3, -0.25) is 4.52 Å². The van der Waals surface area contributed by atoms with E-state index in [9.17, 15) is 4.57 Å². The summed E-state index contributed by atoms with van der Waals surface area (Å²) in [6.45, 7) is 4.39. The Hall–Kier alpha value is 0.230. The van der Waals surface area contributed by atoms with Crippen LogP contribution in [-0.2, 0) is 15.5 Å². The summed E-state index contributed by atoms with van der Waals surface area (Å²) in [7, 11) is 0.